The number of pyridine rings is 1. The van der Waals surface area contributed by atoms with Gasteiger partial charge in [-0.3, -0.25) is 9.78 Å². The van der Waals surface area contributed by atoms with Gasteiger partial charge in [-0.15, -0.1) is 11.3 Å². The number of fused-ring (bicyclic) bond motifs is 1. The van der Waals surface area contributed by atoms with Gasteiger partial charge in [0.25, 0.3) is 5.91 Å². The van der Waals surface area contributed by atoms with Crippen LogP contribution in [-0.2, 0) is 9.84 Å². The van der Waals surface area contributed by atoms with Crippen molar-refractivity contribution in [1.29, 1.82) is 0 Å². The number of nitrogens with one attached hydrogen (secondary N) is 1. The topological polar surface area (TPSA) is 76.1 Å². The van der Waals surface area contributed by atoms with E-state index >= 15 is 0 Å². The van der Waals surface area contributed by atoms with Gasteiger partial charge in [-0.1, -0.05) is 18.2 Å². The number of aromatic nitrogens is 1. The number of hydrogen-bond acceptors (Lipinski definition) is 5. The third kappa shape index (κ3) is 2.72. The molecule has 5 nitrogen and oxygen atoms in total. The predicted molar refractivity (Wildman–Crippen MR) is 87.1 cm³/mol. The Hall–Kier alpha value is -2.25. The van der Waals surface area contributed by atoms with Crippen molar-refractivity contribution in [3.05, 3.63) is 53.5 Å². The Morgan fingerprint density at radius 1 is 1.18 bits per heavy atom. The van der Waals surface area contributed by atoms with E-state index < -0.39 is 9.84 Å². The number of nitrogens with zero attached hydrogens (tertiary/aromatic N) is 1. The van der Waals surface area contributed by atoms with Gasteiger partial charge in [-0.05, 0) is 23.6 Å². The molecular formula is C15H12N2O3S2. The molecule has 0 fully saturated rings. The summed E-state index contributed by atoms with van der Waals surface area (Å²) in [5, 5.41) is 5.36. The van der Waals surface area contributed by atoms with E-state index in [1.54, 1.807) is 17.6 Å². The molecule has 0 aliphatic heterocycles. The van der Waals surface area contributed by atoms with E-state index in [2.05, 4.69) is 10.3 Å². The quantitative estimate of drug-likeness (QED) is 0.800. The molecule has 0 bridgehead atoms. The first-order chi connectivity index (χ1) is 10.5. The lowest BCUT2D eigenvalue weighted by atomic mass is 10.1. The van der Waals surface area contributed by atoms with Crippen LogP contribution in [0.25, 0.3) is 10.9 Å². The second-order valence-corrected chi connectivity index (χ2v) is 7.62. The Morgan fingerprint density at radius 2 is 1.95 bits per heavy atom. The number of carbonyl (C=O) groups is 1. The first kappa shape index (κ1) is 14.7. The van der Waals surface area contributed by atoms with Crippen LogP contribution in [0.5, 0.6) is 0 Å². The second-order valence-electron chi connectivity index (χ2n) is 4.72. The van der Waals surface area contributed by atoms with E-state index in [9.17, 15) is 13.2 Å². The smallest absolute Gasteiger partial charge is 0.257 e. The minimum absolute atomic E-state index is 0.129. The van der Waals surface area contributed by atoms with Gasteiger partial charge in [0.1, 0.15) is 9.90 Å². The number of amides is 1. The SMILES string of the molecule is CS(=O)(=O)c1ccsc1NC(=O)c1ccnc2ccccc12. The molecule has 3 rings (SSSR count). The Kier molecular flexibility index (Phi) is 3.67. The summed E-state index contributed by atoms with van der Waals surface area (Å²) >= 11 is 1.18. The summed E-state index contributed by atoms with van der Waals surface area (Å²) in [6, 6.07) is 10.4. The highest BCUT2D eigenvalue weighted by molar-refractivity contribution is 7.91. The summed E-state index contributed by atoms with van der Waals surface area (Å²) in [6.45, 7) is 0. The summed E-state index contributed by atoms with van der Waals surface area (Å²) in [4.78, 5) is 16.8. The largest absolute Gasteiger partial charge is 0.312 e. The molecule has 0 unspecified atom stereocenters. The molecule has 3 aromatic rings. The molecule has 22 heavy (non-hydrogen) atoms. The maximum absolute atomic E-state index is 12.5. The number of sulfone groups is 1. The lowest BCUT2D eigenvalue weighted by Crippen LogP contribution is -2.13. The van der Waals surface area contributed by atoms with Crippen LogP contribution < -0.4 is 5.32 Å². The highest BCUT2D eigenvalue weighted by atomic mass is 32.2. The fourth-order valence-corrected chi connectivity index (χ4v) is 4.21. The van der Waals surface area contributed by atoms with Crippen LogP contribution in [0.15, 0.2) is 52.9 Å². The Labute approximate surface area is 131 Å². The van der Waals surface area contributed by atoms with E-state index in [0.29, 0.717) is 16.1 Å². The van der Waals surface area contributed by atoms with E-state index in [4.69, 9.17) is 0 Å². The van der Waals surface area contributed by atoms with Crippen LogP contribution >= 0.6 is 11.3 Å². The number of para-hydroxylation sites is 1. The maximum Gasteiger partial charge on any atom is 0.257 e. The van der Waals surface area contributed by atoms with Crippen molar-refractivity contribution in [2.45, 2.75) is 4.90 Å². The number of benzene rings is 1. The van der Waals surface area contributed by atoms with Crippen LogP contribution in [0.3, 0.4) is 0 Å². The van der Waals surface area contributed by atoms with Crippen molar-refractivity contribution < 1.29 is 13.2 Å². The Bertz CT molecular complexity index is 956. The summed E-state index contributed by atoms with van der Waals surface area (Å²) in [5.41, 5.74) is 1.17. The van der Waals surface area contributed by atoms with Crippen LogP contribution in [0.4, 0.5) is 5.00 Å². The van der Waals surface area contributed by atoms with E-state index in [1.807, 2.05) is 24.3 Å². The van der Waals surface area contributed by atoms with Gasteiger partial charge in [0, 0.05) is 17.8 Å². The first-order valence-electron chi connectivity index (χ1n) is 6.39. The van der Waals surface area contributed by atoms with Crippen LogP contribution in [0, 0.1) is 0 Å². The van der Waals surface area contributed by atoms with Gasteiger partial charge in [-0.2, -0.15) is 0 Å². The lowest BCUT2D eigenvalue weighted by Gasteiger charge is -2.07. The average molecular weight is 332 g/mol. The summed E-state index contributed by atoms with van der Waals surface area (Å²) < 4.78 is 23.4. The van der Waals surface area contributed by atoms with Gasteiger partial charge in [-0.25, -0.2) is 8.42 Å². The maximum atomic E-state index is 12.5. The monoisotopic (exact) mass is 332 g/mol. The highest BCUT2D eigenvalue weighted by Crippen LogP contribution is 2.28. The molecule has 2 aromatic heterocycles. The number of carbonyl (C=O) groups excluding carboxylic acids is 1. The molecule has 1 N–H and O–H groups in total. The molecule has 0 radical (unpaired) electrons. The number of thiophene rings is 1. The highest BCUT2D eigenvalue weighted by Gasteiger charge is 2.18. The van der Waals surface area contributed by atoms with E-state index in [0.717, 1.165) is 11.6 Å². The van der Waals surface area contributed by atoms with Crippen LogP contribution in [0.1, 0.15) is 10.4 Å². The molecule has 2 heterocycles. The zero-order valence-electron chi connectivity index (χ0n) is 11.6. The van der Waals surface area contributed by atoms with Crippen molar-refractivity contribution in [2.24, 2.45) is 0 Å². The van der Waals surface area contributed by atoms with Crippen molar-refractivity contribution in [1.82, 2.24) is 4.98 Å². The fourth-order valence-electron chi connectivity index (χ4n) is 2.14. The number of anilines is 1. The van der Waals surface area contributed by atoms with Gasteiger partial charge < -0.3 is 5.32 Å². The fraction of sp³-hybridized carbons (Fsp3) is 0.0667. The van der Waals surface area contributed by atoms with Gasteiger partial charge in [0.2, 0.25) is 0 Å². The average Bonchev–Trinajstić information content (AvgIpc) is 2.95. The summed E-state index contributed by atoms with van der Waals surface area (Å²) in [7, 11) is -3.38. The predicted octanol–water partition coefficient (Wildman–Crippen LogP) is 2.95. The third-order valence-electron chi connectivity index (χ3n) is 3.15. The molecule has 0 saturated carbocycles. The normalized spacial score (nSPS) is 11.5. The molecule has 7 heteroatoms. The van der Waals surface area contributed by atoms with Crippen LogP contribution in [-0.4, -0.2) is 25.6 Å². The molecule has 0 aliphatic rings. The molecule has 0 aliphatic carbocycles. The molecule has 1 aromatic carbocycles. The van der Waals surface area contributed by atoms with E-state index in [-0.39, 0.29) is 10.8 Å². The summed E-state index contributed by atoms with van der Waals surface area (Å²) in [6.07, 6.45) is 2.68. The third-order valence-corrected chi connectivity index (χ3v) is 5.25. The summed E-state index contributed by atoms with van der Waals surface area (Å²) in [5.74, 6) is -0.356. The van der Waals surface area contributed by atoms with Gasteiger partial charge in [0.15, 0.2) is 9.84 Å². The van der Waals surface area contributed by atoms with Gasteiger partial charge in [0.05, 0.1) is 11.1 Å². The molecule has 1 amide bonds. The molecule has 112 valence electrons. The zero-order chi connectivity index (χ0) is 15.7. The zero-order valence-corrected chi connectivity index (χ0v) is 13.2. The van der Waals surface area contributed by atoms with Crippen molar-refractivity contribution in [2.75, 3.05) is 11.6 Å². The lowest BCUT2D eigenvalue weighted by molar-refractivity contribution is 0.102. The minimum Gasteiger partial charge on any atom is -0.312 e. The van der Waals surface area contributed by atoms with Crippen molar-refractivity contribution in [3.8, 4) is 0 Å². The minimum atomic E-state index is -3.38. The Balaban J connectivity index is 2.00. The van der Waals surface area contributed by atoms with Gasteiger partial charge >= 0.3 is 0 Å². The number of rotatable bonds is 3. The van der Waals surface area contributed by atoms with Crippen molar-refractivity contribution in [3.63, 3.8) is 0 Å². The second kappa shape index (κ2) is 5.51. The van der Waals surface area contributed by atoms with E-state index in [1.165, 1.54) is 17.4 Å². The first-order valence-corrected chi connectivity index (χ1v) is 9.16. The molecule has 0 saturated heterocycles. The van der Waals surface area contributed by atoms with Crippen LogP contribution in [0.2, 0.25) is 0 Å². The molecule has 0 atom stereocenters. The van der Waals surface area contributed by atoms with Crippen molar-refractivity contribution >= 4 is 43.0 Å². The molecular weight excluding hydrogens is 320 g/mol. The number of hydrogen-bond donors (Lipinski definition) is 1. The standard InChI is InChI=1S/C15H12N2O3S2/c1-22(19,20)13-7-9-21-15(13)17-14(18)11-6-8-16-12-5-3-2-4-10(11)12/h2-9H,1H3,(H,17,18). The molecule has 0 spiro atoms. The Morgan fingerprint density at radius 3 is 2.73 bits per heavy atom.